The lowest BCUT2D eigenvalue weighted by molar-refractivity contribution is 0.0934. The van der Waals surface area contributed by atoms with Crippen molar-refractivity contribution >= 4 is 15.9 Å². The van der Waals surface area contributed by atoms with E-state index in [0.29, 0.717) is 18.7 Å². The first-order chi connectivity index (χ1) is 12.9. The summed E-state index contributed by atoms with van der Waals surface area (Å²) >= 11 is 0. The minimum Gasteiger partial charge on any atom is -0.345 e. The highest BCUT2D eigenvalue weighted by Crippen LogP contribution is 2.24. The van der Waals surface area contributed by atoms with Crippen molar-refractivity contribution in [1.82, 2.24) is 9.62 Å². The van der Waals surface area contributed by atoms with E-state index in [4.69, 9.17) is 0 Å². The summed E-state index contributed by atoms with van der Waals surface area (Å²) in [4.78, 5) is 13.1. The van der Waals surface area contributed by atoms with Crippen LogP contribution in [0.15, 0.2) is 53.4 Å². The van der Waals surface area contributed by atoms with Crippen LogP contribution in [0.2, 0.25) is 0 Å². The highest BCUT2D eigenvalue weighted by atomic mass is 32.2. The highest BCUT2D eigenvalue weighted by Gasteiger charge is 2.28. The van der Waals surface area contributed by atoms with Crippen LogP contribution in [0.3, 0.4) is 0 Å². The Morgan fingerprint density at radius 3 is 2.41 bits per heavy atom. The van der Waals surface area contributed by atoms with E-state index in [0.717, 1.165) is 30.4 Å². The van der Waals surface area contributed by atoms with Gasteiger partial charge < -0.3 is 5.32 Å². The zero-order valence-electron chi connectivity index (χ0n) is 15.8. The molecule has 0 aromatic heterocycles. The van der Waals surface area contributed by atoms with Gasteiger partial charge in [-0.05, 0) is 49.4 Å². The molecule has 0 aliphatic carbocycles. The predicted octanol–water partition coefficient (Wildman–Crippen LogP) is 3.66. The third-order valence-corrected chi connectivity index (χ3v) is 6.97. The van der Waals surface area contributed by atoms with Gasteiger partial charge in [0.2, 0.25) is 10.0 Å². The van der Waals surface area contributed by atoms with E-state index in [1.165, 1.54) is 10.4 Å². The first-order valence-corrected chi connectivity index (χ1v) is 10.8. The topological polar surface area (TPSA) is 66.5 Å². The number of hydrogen-bond donors (Lipinski definition) is 1. The van der Waals surface area contributed by atoms with Gasteiger partial charge in [-0.2, -0.15) is 4.31 Å². The van der Waals surface area contributed by atoms with Crippen LogP contribution in [0.4, 0.5) is 0 Å². The number of aryl methyl sites for hydroxylation is 1. The summed E-state index contributed by atoms with van der Waals surface area (Å²) < 4.78 is 27.1. The third kappa shape index (κ3) is 4.22. The van der Waals surface area contributed by atoms with Crippen molar-refractivity contribution in [2.75, 3.05) is 13.1 Å². The SMILES string of the molecule is CC[C@H](NC(=O)c1cc(S(=O)(=O)N2CCCC2)ccc1C)c1ccccc1. The van der Waals surface area contributed by atoms with Crippen molar-refractivity contribution in [1.29, 1.82) is 0 Å². The second-order valence-electron chi connectivity index (χ2n) is 6.93. The summed E-state index contributed by atoms with van der Waals surface area (Å²) in [5.74, 6) is -0.248. The van der Waals surface area contributed by atoms with Crippen molar-refractivity contribution < 1.29 is 13.2 Å². The van der Waals surface area contributed by atoms with Crippen LogP contribution in [0.25, 0.3) is 0 Å². The lowest BCUT2D eigenvalue weighted by atomic mass is 10.0. The molecule has 0 bridgehead atoms. The summed E-state index contributed by atoms with van der Waals surface area (Å²) in [5.41, 5.74) is 2.20. The fourth-order valence-corrected chi connectivity index (χ4v) is 4.97. The zero-order valence-corrected chi connectivity index (χ0v) is 16.6. The first-order valence-electron chi connectivity index (χ1n) is 9.40. The van der Waals surface area contributed by atoms with Gasteiger partial charge in [-0.1, -0.05) is 43.3 Å². The van der Waals surface area contributed by atoms with Gasteiger partial charge in [0.05, 0.1) is 10.9 Å². The Kier molecular flexibility index (Phi) is 5.97. The lowest BCUT2D eigenvalue weighted by Gasteiger charge is -2.19. The van der Waals surface area contributed by atoms with Crippen LogP contribution < -0.4 is 5.32 Å². The highest BCUT2D eigenvalue weighted by molar-refractivity contribution is 7.89. The molecule has 2 aromatic carbocycles. The Labute approximate surface area is 161 Å². The van der Waals surface area contributed by atoms with Gasteiger partial charge in [0.25, 0.3) is 5.91 Å². The minimum absolute atomic E-state index is 0.114. The van der Waals surface area contributed by atoms with Crippen molar-refractivity contribution in [2.24, 2.45) is 0 Å². The Balaban J connectivity index is 1.86. The van der Waals surface area contributed by atoms with Crippen LogP contribution in [-0.2, 0) is 10.0 Å². The van der Waals surface area contributed by atoms with Gasteiger partial charge >= 0.3 is 0 Å². The molecule has 1 aliphatic heterocycles. The van der Waals surface area contributed by atoms with E-state index in [-0.39, 0.29) is 16.8 Å². The van der Waals surface area contributed by atoms with Gasteiger partial charge in [0.1, 0.15) is 0 Å². The maximum atomic E-state index is 12.9. The van der Waals surface area contributed by atoms with Gasteiger partial charge in [-0.15, -0.1) is 0 Å². The minimum atomic E-state index is -3.54. The Morgan fingerprint density at radius 1 is 1.11 bits per heavy atom. The number of sulfonamides is 1. The number of rotatable bonds is 6. The number of amides is 1. The number of nitrogens with zero attached hydrogens (tertiary/aromatic N) is 1. The third-order valence-electron chi connectivity index (χ3n) is 5.07. The molecule has 5 nitrogen and oxygen atoms in total. The molecule has 0 saturated carbocycles. The molecule has 0 unspecified atom stereocenters. The van der Waals surface area contributed by atoms with E-state index < -0.39 is 10.0 Å². The molecule has 1 saturated heterocycles. The number of carbonyl (C=O) groups is 1. The average molecular weight is 387 g/mol. The maximum Gasteiger partial charge on any atom is 0.252 e. The van der Waals surface area contributed by atoms with Crippen LogP contribution in [-0.4, -0.2) is 31.7 Å². The summed E-state index contributed by atoms with van der Waals surface area (Å²) in [6.07, 6.45) is 2.52. The molecule has 2 aromatic rings. The fourth-order valence-electron chi connectivity index (χ4n) is 3.43. The van der Waals surface area contributed by atoms with E-state index in [2.05, 4.69) is 5.32 Å². The second-order valence-corrected chi connectivity index (χ2v) is 8.87. The Bertz CT molecular complexity index is 904. The molecular formula is C21H26N2O3S. The molecule has 1 fully saturated rings. The van der Waals surface area contributed by atoms with Gasteiger partial charge in [-0.3, -0.25) is 4.79 Å². The normalized spacial score (nSPS) is 16.2. The molecular weight excluding hydrogens is 360 g/mol. The standard InChI is InChI=1S/C21H26N2O3S/c1-3-20(17-9-5-4-6-10-17)22-21(24)19-15-18(12-11-16(19)2)27(25,26)23-13-7-8-14-23/h4-6,9-12,15,20H,3,7-8,13-14H2,1-2H3,(H,22,24)/t20-/m0/s1. The Morgan fingerprint density at radius 2 is 1.78 bits per heavy atom. The molecule has 0 radical (unpaired) electrons. The fraction of sp³-hybridized carbons (Fsp3) is 0.381. The average Bonchev–Trinajstić information content (AvgIpc) is 3.22. The van der Waals surface area contributed by atoms with E-state index >= 15 is 0 Å². The molecule has 1 aliphatic rings. The quantitative estimate of drug-likeness (QED) is 0.824. The molecule has 0 spiro atoms. The van der Waals surface area contributed by atoms with Crippen molar-refractivity contribution in [2.45, 2.75) is 44.0 Å². The smallest absolute Gasteiger partial charge is 0.252 e. The van der Waals surface area contributed by atoms with E-state index in [9.17, 15) is 13.2 Å². The van der Waals surface area contributed by atoms with Crippen LogP contribution >= 0.6 is 0 Å². The number of hydrogen-bond acceptors (Lipinski definition) is 3. The maximum absolute atomic E-state index is 12.9. The molecule has 1 atom stereocenters. The summed E-state index contributed by atoms with van der Waals surface area (Å²) in [6.45, 7) is 4.93. The van der Waals surface area contributed by atoms with Gasteiger partial charge in [-0.25, -0.2) is 8.42 Å². The largest absolute Gasteiger partial charge is 0.345 e. The van der Waals surface area contributed by atoms with E-state index in [1.807, 2.05) is 44.2 Å². The van der Waals surface area contributed by atoms with Crippen LogP contribution in [0, 0.1) is 6.92 Å². The van der Waals surface area contributed by atoms with Crippen LogP contribution in [0.5, 0.6) is 0 Å². The van der Waals surface area contributed by atoms with Gasteiger partial charge in [0.15, 0.2) is 0 Å². The van der Waals surface area contributed by atoms with E-state index in [1.54, 1.807) is 12.1 Å². The van der Waals surface area contributed by atoms with Crippen molar-refractivity contribution in [3.8, 4) is 0 Å². The van der Waals surface area contributed by atoms with Crippen LogP contribution in [0.1, 0.15) is 53.7 Å². The van der Waals surface area contributed by atoms with Crippen molar-refractivity contribution in [3.63, 3.8) is 0 Å². The molecule has 144 valence electrons. The molecule has 3 rings (SSSR count). The second kappa shape index (κ2) is 8.23. The number of carbonyl (C=O) groups excluding carboxylic acids is 1. The molecule has 1 N–H and O–H groups in total. The first kappa shape index (κ1) is 19.6. The lowest BCUT2D eigenvalue weighted by Crippen LogP contribution is -2.30. The predicted molar refractivity (Wildman–Crippen MR) is 106 cm³/mol. The summed E-state index contributed by atoms with van der Waals surface area (Å²) in [5, 5.41) is 3.04. The molecule has 1 amide bonds. The monoisotopic (exact) mass is 386 g/mol. The van der Waals surface area contributed by atoms with Crippen molar-refractivity contribution in [3.05, 3.63) is 65.2 Å². The molecule has 6 heteroatoms. The Hall–Kier alpha value is -2.18. The summed E-state index contributed by atoms with van der Waals surface area (Å²) in [6, 6.07) is 14.5. The summed E-state index contributed by atoms with van der Waals surface area (Å²) in [7, 11) is -3.54. The number of nitrogens with one attached hydrogen (secondary N) is 1. The van der Waals surface area contributed by atoms with Gasteiger partial charge in [0, 0.05) is 18.7 Å². The zero-order chi connectivity index (χ0) is 19.4. The molecule has 27 heavy (non-hydrogen) atoms. The molecule has 1 heterocycles. The number of benzene rings is 2.